The first-order valence-electron chi connectivity index (χ1n) is 3.69. The average Bonchev–Trinajstić information content (AvgIpc) is 2.34. The van der Waals surface area contributed by atoms with E-state index in [1.54, 1.807) is 0 Å². The third-order valence-electron chi connectivity index (χ3n) is 2.62. The zero-order valence-corrected chi connectivity index (χ0v) is 5.89. The maximum absolute atomic E-state index is 5.61. The summed E-state index contributed by atoms with van der Waals surface area (Å²) in [5, 5.41) is 0. The van der Waals surface area contributed by atoms with E-state index >= 15 is 0 Å². The highest BCUT2D eigenvalue weighted by Gasteiger charge is 2.45. The summed E-state index contributed by atoms with van der Waals surface area (Å²) in [5.41, 5.74) is 0.208. The lowest BCUT2D eigenvalue weighted by molar-refractivity contribution is -0.176. The molecular formula is C7H13NO. The maximum atomic E-state index is 5.61. The molecule has 52 valence electrons. The minimum absolute atomic E-state index is 0.208. The van der Waals surface area contributed by atoms with Crippen molar-refractivity contribution < 1.29 is 4.74 Å². The van der Waals surface area contributed by atoms with Gasteiger partial charge in [-0.1, -0.05) is 0 Å². The van der Waals surface area contributed by atoms with Gasteiger partial charge in [-0.15, -0.1) is 0 Å². The Morgan fingerprint density at radius 1 is 1.44 bits per heavy atom. The first kappa shape index (κ1) is 5.69. The van der Waals surface area contributed by atoms with Crippen molar-refractivity contribution in [3.05, 3.63) is 0 Å². The highest BCUT2D eigenvalue weighted by molar-refractivity contribution is 4.92. The van der Waals surface area contributed by atoms with Crippen molar-refractivity contribution in [1.82, 2.24) is 4.90 Å². The van der Waals surface area contributed by atoms with Gasteiger partial charge in [0, 0.05) is 19.6 Å². The molecule has 0 aromatic carbocycles. The molecule has 0 amide bonds. The van der Waals surface area contributed by atoms with Crippen molar-refractivity contribution in [2.75, 3.05) is 20.2 Å². The van der Waals surface area contributed by atoms with Crippen LogP contribution in [0.5, 0.6) is 0 Å². The molecule has 2 aliphatic heterocycles. The Labute approximate surface area is 55.8 Å². The molecule has 2 fully saturated rings. The average molecular weight is 127 g/mol. The largest absolute Gasteiger partial charge is 0.360 e. The number of likely N-dealkylation sites (tertiary alicyclic amines) is 1. The van der Waals surface area contributed by atoms with Gasteiger partial charge in [-0.3, -0.25) is 4.90 Å². The van der Waals surface area contributed by atoms with Gasteiger partial charge in [0.2, 0.25) is 0 Å². The fourth-order valence-corrected chi connectivity index (χ4v) is 1.77. The van der Waals surface area contributed by atoms with E-state index in [-0.39, 0.29) is 5.72 Å². The molecule has 0 aromatic heterocycles. The molecule has 0 N–H and O–H groups in total. The molecule has 0 radical (unpaired) electrons. The second-order valence-corrected chi connectivity index (χ2v) is 3.07. The number of ether oxygens (including phenoxy) is 1. The fourth-order valence-electron chi connectivity index (χ4n) is 1.77. The highest BCUT2D eigenvalue weighted by atomic mass is 16.5. The van der Waals surface area contributed by atoms with E-state index in [9.17, 15) is 0 Å². The van der Waals surface area contributed by atoms with Gasteiger partial charge in [0.1, 0.15) is 5.72 Å². The van der Waals surface area contributed by atoms with Gasteiger partial charge in [-0.25, -0.2) is 0 Å². The van der Waals surface area contributed by atoms with Gasteiger partial charge < -0.3 is 4.74 Å². The van der Waals surface area contributed by atoms with Gasteiger partial charge in [-0.05, 0) is 19.9 Å². The van der Waals surface area contributed by atoms with Crippen LogP contribution in [0.4, 0.5) is 0 Å². The molecule has 9 heavy (non-hydrogen) atoms. The zero-order chi connectivity index (χ0) is 6.32. The predicted octanol–water partition coefficient (Wildman–Crippen LogP) is 0.829. The molecule has 0 bridgehead atoms. The van der Waals surface area contributed by atoms with E-state index in [1.165, 1.54) is 25.8 Å². The van der Waals surface area contributed by atoms with Crippen molar-refractivity contribution in [1.29, 1.82) is 0 Å². The third kappa shape index (κ3) is 0.634. The first-order chi connectivity index (χ1) is 4.33. The van der Waals surface area contributed by atoms with Crippen LogP contribution in [0.25, 0.3) is 0 Å². The van der Waals surface area contributed by atoms with E-state index in [0.717, 1.165) is 6.61 Å². The van der Waals surface area contributed by atoms with Crippen LogP contribution in [0.1, 0.15) is 19.3 Å². The van der Waals surface area contributed by atoms with Crippen molar-refractivity contribution in [2.45, 2.75) is 25.0 Å². The number of hydrogen-bond acceptors (Lipinski definition) is 2. The van der Waals surface area contributed by atoms with E-state index < -0.39 is 0 Å². The summed E-state index contributed by atoms with van der Waals surface area (Å²) < 4.78 is 5.61. The second kappa shape index (κ2) is 1.70. The molecule has 2 heteroatoms. The third-order valence-corrected chi connectivity index (χ3v) is 2.62. The number of nitrogens with zero attached hydrogens (tertiary/aromatic N) is 1. The Balaban J connectivity index is 2.06. The van der Waals surface area contributed by atoms with Crippen LogP contribution in [0.15, 0.2) is 0 Å². The molecule has 1 atom stereocenters. The Bertz CT molecular complexity index is 118. The van der Waals surface area contributed by atoms with Gasteiger partial charge in [-0.2, -0.15) is 0 Å². The van der Waals surface area contributed by atoms with Crippen LogP contribution in [0.2, 0.25) is 0 Å². The van der Waals surface area contributed by atoms with Gasteiger partial charge in [0.15, 0.2) is 0 Å². The Kier molecular flexibility index (Phi) is 1.08. The van der Waals surface area contributed by atoms with E-state index in [1.807, 2.05) is 0 Å². The van der Waals surface area contributed by atoms with E-state index in [0.29, 0.717) is 0 Å². The molecule has 0 aliphatic carbocycles. The molecule has 2 heterocycles. The Morgan fingerprint density at radius 3 is 2.56 bits per heavy atom. The van der Waals surface area contributed by atoms with Crippen molar-refractivity contribution in [3.8, 4) is 0 Å². The van der Waals surface area contributed by atoms with E-state index in [4.69, 9.17) is 4.74 Å². The van der Waals surface area contributed by atoms with Crippen LogP contribution >= 0.6 is 0 Å². The van der Waals surface area contributed by atoms with Crippen LogP contribution in [0, 0.1) is 0 Å². The van der Waals surface area contributed by atoms with Crippen LogP contribution < -0.4 is 0 Å². The van der Waals surface area contributed by atoms with Gasteiger partial charge >= 0.3 is 0 Å². The van der Waals surface area contributed by atoms with Crippen molar-refractivity contribution in [3.63, 3.8) is 0 Å². The summed E-state index contributed by atoms with van der Waals surface area (Å²) in [6.07, 6.45) is 3.76. The lowest BCUT2D eigenvalue weighted by Gasteiger charge is -2.47. The molecule has 1 spiro atoms. The molecule has 0 saturated carbocycles. The normalized spacial score (nSPS) is 43.7. The molecule has 2 saturated heterocycles. The van der Waals surface area contributed by atoms with E-state index in [2.05, 4.69) is 11.9 Å². The molecular weight excluding hydrogens is 114 g/mol. The number of hydrogen-bond donors (Lipinski definition) is 0. The molecule has 0 unspecified atom stereocenters. The summed E-state index contributed by atoms with van der Waals surface area (Å²) in [6.45, 7) is 2.20. The Hall–Kier alpha value is -0.0800. The summed E-state index contributed by atoms with van der Waals surface area (Å²) in [5.74, 6) is 0. The summed E-state index contributed by atoms with van der Waals surface area (Å²) in [6, 6.07) is 0. The lowest BCUT2D eigenvalue weighted by Crippen LogP contribution is -2.57. The quantitative estimate of drug-likeness (QED) is 0.478. The molecule has 2 aliphatic rings. The zero-order valence-electron chi connectivity index (χ0n) is 5.89. The molecule has 2 nitrogen and oxygen atoms in total. The van der Waals surface area contributed by atoms with Crippen LogP contribution in [-0.2, 0) is 4.74 Å². The monoisotopic (exact) mass is 127 g/mol. The number of rotatable bonds is 0. The Morgan fingerprint density at radius 2 is 2.33 bits per heavy atom. The SMILES string of the molecule is CN1CC[C@]12CCCO2. The van der Waals surface area contributed by atoms with Gasteiger partial charge in [0.05, 0.1) is 0 Å². The summed E-state index contributed by atoms with van der Waals surface area (Å²) in [7, 11) is 2.15. The maximum Gasteiger partial charge on any atom is 0.122 e. The second-order valence-electron chi connectivity index (χ2n) is 3.07. The standard InChI is InChI=1S/C7H13NO/c1-8-5-4-7(8)3-2-6-9-7/h2-6H2,1H3/t7-/m1/s1. The lowest BCUT2D eigenvalue weighted by atomic mass is 9.96. The van der Waals surface area contributed by atoms with Crippen LogP contribution in [-0.4, -0.2) is 30.8 Å². The van der Waals surface area contributed by atoms with Crippen molar-refractivity contribution >= 4 is 0 Å². The minimum Gasteiger partial charge on any atom is -0.360 e. The highest BCUT2D eigenvalue weighted by Crippen LogP contribution is 2.38. The summed E-state index contributed by atoms with van der Waals surface area (Å²) in [4.78, 5) is 2.32. The smallest absolute Gasteiger partial charge is 0.122 e. The molecule has 0 aromatic rings. The molecule has 2 rings (SSSR count). The first-order valence-corrected chi connectivity index (χ1v) is 3.69. The topological polar surface area (TPSA) is 12.5 Å². The van der Waals surface area contributed by atoms with Crippen molar-refractivity contribution in [2.24, 2.45) is 0 Å². The summed E-state index contributed by atoms with van der Waals surface area (Å²) >= 11 is 0. The minimum atomic E-state index is 0.208. The predicted molar refractivity (Wildman–Crippen MR) is 35.2 cm³/mol. The fraction of sp³-hybridized carbons (Fsp3) is 1.00. The van der Waals surface area contributed by atoms with Crippen LogP contribution in [0.3, 0.4) is 0 Å². The van der Waals surface area contributed by atoms with Gasteiger partial charge in [0.25, 0.3) is 0 Å².